The molecular formula is C10H11ClFNO2S. The second-order valence-corrected chi connectivity index (χ2v) is 4.65. The summed E-state index contributed by atoms with van der Waals surface area (Å²) in [6, 6.07) is 3.62. The van der Waals surface area contributed by atoms with Crippen LogP contribution < -0.4 is 5.73 Å². The lowest BCUT2D eigenvalue weighted by molar-refractivity contribution is -0.137. The first-order valence-corrected chi connectivity index (χ1v) is 6.04. The number of hydrogen-bond donors (Lipinski definition) is 2. The van der Waals surface area contributed by atoms with Crippen LogP contribution in [0.5, 0.6) is 0 Å². The lowest BCUT2D eigenvalue weighted by atomic mass is 10.2. The Morgan fingerprint density at radius 3 is 2.88 bits per heavy atom. The van der Waals surface area contributed by atoms with Crippen molar-refractivity contribution in [3.63, 3.8) is 0 Å². The van der Waals surface area contributed by atoms with E-state index in [1.165, 1.54) is 23.9 Å². The fourth-order valence-electron chi connectivity index (χ4n) is 1.00. The highest BCUT2D eigenvalue weighted by atomic mass is 35.5. The third-order valence-corrected chi connectivity index (χ3v) is 3.31. The summed E-state index contributed by atoms with van der Waals surface area (Å²) >= 11 is 6.87. The molecule has 6 heteroatoms. The molecule has 0 aliphatic carbocycles. The Morgan fingerprint density at radius 1 is 1.62 bits per heavy atom. The maximum Gasteiger partial charge on any atom is 0.321 e. The van der Waals surface area contributed by atoms with E-state index in [0.29, 0.717) is 11.5 Å². The van der Waals surface area contributed by atoms with Crippen LogP contribution in [0.3, 0.4) is 0 Å². The van der Waals surface area contributed by atoms with E-state index in [-0.39, 0.29) is 5.02 Å². The number of carboxylic acid groups (broad SMARTS) is 1. The van der Waals surface area contributed by atoms with Gasteiger partial charge in [-0.3, -0.25) is 4.79 Å². The van der Waals surface area contributed by atoms with Crippen molar-refractivity contribution in [1.29, 1.82) is 0 Å². The normalized spacial score (nSPS) is 12.4. The molecule has 0 aromatic heterocycles. The molecule has 0 saturated carbocycles. The van der Waals surface area contributed by atoms with Crippen LogP contribution in [0.2, 0.25) is 5.02 Å². The van der Waals surface area contributed by atoms with E-state index < -0.39 is 17.8 Å². The molecule has 3 N–H and O–H groups in total. The Bertz CT molecular complexity index is 389. The van der Waals surface area contributed by atoms with Gasteiger partial charge in [0.05, 0.1) is 5.02 Å². The molecule has 0 unspecified atom stereocenters. The summed E-state index contributed by atoms with van der Waals surface area (Å²) in [4.78, 5) is 10.4. The topological polar surface area (TPSA) is 63.3 Å². The minimum Gasteiger partial charge on any atom is -0.480 e. The summed E-state index contributed by atoms with van der Waals surface area (Å²) in [7, 11) is 0. The van der Waals surface area contributed by atoms with E-state index >= 15 is 0 Å². The molecule has 0 fully saturated rings. The number of carbonyl (C=O) groups is 1. The molecule has 0 amide bonds. The van der Waals surface area contributed by atoms with Gasteiger partial charge in [-0.25, -0.2) is 4.39 Å². The monoisotopic (exact) mass is 263 g/mol. The van der Waals surface area contributed by atoms with Gasteiger partial charge in [0, 0.05) is 11.5 Å². The molecule has 0 saturated heterocycles. The minimum atomic E-state index is -1.03. The van der Waals surface area contributed by atoms with E-state index in [9.17, 15) is 9.18 Å². The van der Waals surface area contributed by atoms with Crippen LogP contribution in [0.4, 0.5) is 4.39 Å². The summed E-state index contributed by atoms with van der Waals surface area (Å²) in [5, 5.41) is 8.62. The smallest absolute Gasteiger partial charge is 0.321 e. The third-order valence-electron chi connectivity index (χ3n) is 1.87. The number of halogens is 2. The Balaban J connectivity index is 2.43. The van der Waals surface area contributed by atoms with Crippen LogP contribution in [0.15, 0.2) is 18.2 Å². The zero-order valence-electron chi connectivity index (χ0n) is 8.32. The molecule has 16 heavy (non-hydrogen) atoms. The molecule has 0 spiro atoms. The first-order chi connectivity index (χ1) is 7.50. The molecule has 0 aliphatic rings. The molecule has 0 aliphatic heterocycles. The van der Waals surface area contributed by atoms with Crippen LogP contribution in [-0.4, -0.2) is 22.9 Å². The van der Waals surface area contributed by atoms with Crippen molar-refractivity contribution in [2.75, 3.05) is 5.75 Å². The van der Waals surface area contributed by atoms with Gasteiger partial charge in [-0.1, -0.05) is 17.7 Å². The van der Waals surface area contributed by atoms with Crippen molar-refractivity contribution >= 4 is 29.3 Å². The summed E-state index contributed by atoms with van der Waals surface area (Å²) in [6.07, 6.45) is 0. The van der Waals surface area contributed by atoms with Gasteiger partial charge in [-0.2, -0.15) is 11.8 Å². The number of aliphatic carboxylic acids is 1. The zero-order chi connectivity index (χ0) is 12.1. The van der Waals surface area contributed by atoms with E-state index in [2.05, 4.69) is 0 Å². The first-order valence-electron chi connectivity index (χ1n) is 4.50. The van der Waals surface area contributed by atoms with Crippen molar-refractivity contribution in [1.82, 2.24) is 0 Å². The van der Waals surface area contributed by atoms with Gasteiger partial charge < -0.3 is 10.8 Å². The molecule has 1 rings (SSSR count). The van der Waals surface area contributed by atoms with Crippen molar-refractivity contribution in [2.24, 2.45) is 5.73 Å². The summed E-state index contributed by atoms with van der Waals surface area (Å²) in [6.45, 7) is 0. The van der Waals surface area contributed by atoms with Crippen molar-refractivity contribution in [2.45, 2.75) is 11.8 Å². The zero-order valence-corrected chi connectivity index (χ0v) is 9.89. The maximum absolute atomic E-state index is 13.0. The van der Waals surface area contributed by atoms with Crippen molar-refractivity contribution < 1.29 is 14.3 Å². The van der Waals surface area contributed by atoms with Gasteiger partial charge in [-0.05, 0) is 17.7 Å². The van der Waals surface area contributed by atoms with E-state index in [4.69, 9.17) is 22.4 Å². The average Bonchev–Trinajstić information content (AvgIpc) is 2.23. The van der Waals surface area contributed by atoms with Crippen LogP contribution in [0, 0.1) is 5.82 Å². The fourth-order valence-corrected chi connectivity index (χ4v) is 2.05. The Morgan fingerprint density at radius 2 is 2.31 bits per heavy atom. The highest BCUT2D eigenvalue weighted by Crippen LogP contribution is 2.19. The second-order valence-electron chi connectivity index (χ2n) is 3.21. The van der Waals surface area contributed by atoms with E-state index in [1.807, 2.05) is 0 Å². The summed E-state index contributed by atoms with van der Waals surface area (Å²) in [5.41, 5.74) is 6.07. The van der Waals surface area contributed by atoms with E-state index in [1.54, 1.807) is 6.07 Å². The number of rotatable bonds is 5. The molecule has 3 nitrogen and oxygen atoms in total. The van der Waals surface area contributed by atoms with Crippen LogP contribution in [0.25, 0.3) is 0 Å². The average molecular weight is 264 g/mol. The number of nitrogens with two attached hydrogens (primary N) is 1. The Labute approximate surface area is 102 Å². The van der Waals surface area contributed by atoms with Crippen molar-refractivity contribution in [3.05, 3.63) is 34.6 Å². The van der Waals surface area contributed by atoms with Gasteiger partial charge in [0.2, 0.25) is 0 Å². The second kappa shape index (κ2) is 6.08. The predicted molar refractivity (Wildman–Crippen MR) is 63.2 cm³/mol. The van der Waals surface area contributed by atoms with Crippen LogP contribution in [0.1, 0.15) is 5.56 Å². The number of benzene rings is 1. The van der Waals surface area contributed by atoms with Gasteiger partial charge in [0.1, 0.15) is 11.9 Å². The first kappa shape index (κ1) is 13.3. The van der Waals surface area contributed by atoms with Gasteiger partial charge in [0.15, 0.2) is 0 Å². The lowest BCUT2D eigenvalue weighted by Crippen LogP contribution is -2.32. The predicted octanol–water partition coefficient (Wildman–Crippen LogP) is 2.12. The molecule has 0 bridgehead atoms. The quantitative estimate of drug-likeness (QED) is 0.854. The number of carboxylic acids is 1. The van der Waals surface area contributed by atoms with Crippen molar-refractivity contribution in [3.8, 4) is 0 Å². The fraction of sp³-hybridized carbons (Fsp3) is 0.300. The molecule has 0 heterocycles. The Hall–Kier alpha value is -0.780. The number of thioether (sulfide) groups is 1. The Kier molecular flexibility index (Phi) is 5.05. The minimum absolute atomic E-state index is 0.0796. The molecule has 88 valence electrons. The standard InChI is InChI=1S/C10H11ClFNO2S/c11-7-2-1-6(3-8(7)12)4-16-5-9(13)10(14)15/h1-3,9H,4-5,13H2,(H,14,15)/t9-/m0/s1. The largest absolute Gasteiger partial charge is 0.480 e. The molecule has 1 atom stereocenters. The van der Waals surface area contributed by atoms with Gasteiger partial charge >= 0.3 is 5.97 Å². The van der Waals surface area contributed by atoms with Gasteiger partial charge in [0.25, 0.3) is 0 Å². The summed E-state index contributed by atoms with van der Waals surface area (Å²) in [5.74, 6) is -0.702. The highest BCUT2D eigenvalue weighted by molar-refractivity contribution is 7.98. The molecule has 0 radical (unpaired) electrons. The molecular weight excluding hydrogens is 253 g/mol. The molecule has 1 aromatic carbocycles. The van der Waals surface area contributed by atoms with Crippen LogP contribution >= 0.6 is 23.4 Å². The summed E-state index contributed by atoms with van der Waals surface area (Å²) < 4.78 is 13.0. The van der Waals surface area contributed by atoms with Gasteiger partial charge in [-0.15, -0.1) is 0 Å². The number of hydrogen-bond acceptors (Lipinski definition) is 3. The van der Waals surface area contributed by atoms with E-state index in [0.717, 1.165) is 5.56 Å². The van der Waals surface area contributed by atoms with Crippen LogP contribution in [-0.2, 0) is 10.5 Å². The third kappa shape index (κ3) is 4.00. The SMILES string of the molecule is N[C@@H](CSCc1ccc(Cl)c(F)c1)C(=O)O. The molecule has 1 aromatic rings. The maximum atomic E-state index is 13.0. The highest BCUT2D eigenvalue weighted by Gasteiger charge is 2.11. The lowest BCUT2D eigenvalue weighted by Gasteiger charge is -2.06.